The average Bonchev–Trinajstić information content (AvgIpc) is 4.18. The SMILES string of the molecule is CCn1c(-c2cccnc2C(C)C)c2c3cc(ccc31)-c1csc(n1)C[C@H](NC(=O)[C@H](C(C)C)N(C)C(=O)[C@H]1CCN(C(=O)[C@@H]3N[C@@H]3C3CC3)C1)C(=O)N1CCC[C@H](N1)C(=O)OCC(C)(C)C2. The highest BCUT2D eigenvalue weighted by Crippen LogP contribution is 2.43. The van der Waals surface area contributed by atoms with Crippen LogP contribution in [0.15, 0.2) is 41.9 Å². The molecule has 6 atom stereocenters. The second-order valence-corrected chi connectivity index (χ2v) is 21.9. The molecule has 4 amide bonds. The van der Waals surface area contributed by atoms with E-state index in [-0.39, 0.29) is 48.8 Å². The predicted octanol–water partition coefficient (Wildman–Crippen LogP) is 5.70. The number of likely N-dealkylation sites (N-methyl/N-ethyl adjacent to an activating group) is 1. The van der Waals surface area contributed by atoms with Crippen molar-refractivity contribution in [2.24, 2.45) is 23.2 Å². The van der Waals surface area contributed by atoms with Crippen molar-refractivity contribution >= 4 is 51.8 Å². The minimum atomic E-state index is -1.06. The van der Waals surface area contributed by atoms with Crippen LogP contribution in [-0.4, -0.2) is 122 Å². The summed E-state index contributed by atoms with van der Waals surface area (Å²) < 4.78 is 8.49. The molecular formula is C51H67N9O6S. The van der Waals surface area contributed by atoms with Gasteiger partial charge in [0.15, 0.2) is 0 Å². The number of cyclic esters (lactones) is 1. The molecular weight excluding hydrogens is 867 g/mol. The van der Waals surface area contributed by atoms with E-state index in [9.17, 15) is 24.0 Å². The number of ether oxygens (including phenoxy) is 1. The van der Waals surface area contributed by atoms with E-state index in [0.29, 0.717) is 56.2 Å². The highest BCUT2D eigenvalue weighted by Gasteiger charge is 2.53. The van der Waals surface area contributed by atoms with Gasteiger partial charge in [-0.25, -0.2) is 10.4 Å². The van der Waals surface area contributed by atoms with Gasteiger partial charge in [0.2, 0.25) is 17.7 Å². The van der Waals surface area contributed by atoms with E-state index in [4.69, 9.17) is 14.7 Å². The zero-order valence-corrected chi connectivity index (χ0v) is 41.1. The first-order valence-corrected chi connectivity index (χ1v) is 25.3. The van der Waals surface area contributed by atoms with Crippen molar-refractivity contribution in [1.29, 1.82) is 0 Å². The smallest absolute Gasteiger partial charge is 0.324 e. The van der Waals surface area contributed by atoms with E-state index < -0.39 is 47.2 Å². The molecule has 0 unspecified atom stereocenters. The van der Waals surface area contributed by atoms with Crippen LogP contribution in [0.4, 0.5) is 0 Å². The van der Waals surface area contributed by atoms with Crippen LogP contribution < -0.4 is 16.1 Å². The summed E-state index contributed by atoms with van der Waals surface area (Å²) in [7, 11) is 1.64. The Hall–Kier alpha value is -5.19. The van der Waals surface area contributed by atoms with Crippen LogP contribution >= 0.6 is 11.3 Å². The van der Waals surface area contributed by atoms with Crippen LogP contribution in [0.25, 0.3) is 33.4 Å². The molecule has 1 aliphatic carbocycles. The summed E-state index contributed by atoms with van der Waals surface area (Å²) in [6, 6.07) is 7.99. The Balaban J connectivity index is 1.02. The first-order valence-electron chi connectivity index (χ1n) is 24.4. The van der Waals surface area contributed by atoms with Gasteiger partial charge in [0.1, 0.15) is 24.2 Å². The van der Waals surface area contributed by atoms with Crippen molar-refractivity contribution in [3.63, 3.8) is 0 Å². The Kier molecular flexibility index (Phi) is 13.1. The monoisotopic (exact) mass is 933 g/mol. The molecule has 6 bridgehead atoms. The van der Waals surface area contributed by atoms with E-state index in [0.717, 1.165) is 64.1 Å². The number of hydrazine groups is 1. The number of thiazole rings is 1. The first-order chi connectivity index (χ1) is 32.0. The largest absolute Gasteiger partial charge is 0.464 e. The van der Waals surface area contributed by atoms with Crippen molar-refractivity contribution < 1.29 is 28.7 Å². The Morgan fingerprint density at radius 2 is 1.85 bits per heavy atom. The lowest BCUT2D eigenvalue weighted by molar-refractivity contribution is -0.155. The van der Waals surface area contributed by atoms with E-state index in [1.807, 2.05) is 31.5 Å². The number of aromatic nitrogens is 3. The van der Waals surface area contributed by atoms with Gasteiger partial charge in [-0.2, -0.15) is 0 Å². The van der Waals surface area contributed by atoms with Gasteiger partial charge in [0.25, 0.3) is 5.91 Å². The van der Waals surface area contributed by atoms with Gasteiger partial charge in [-0.05, 0) is 93.0 Å². The average molecular weight is 934 g/mol. The molecule has 3 aromatic heterocycles. The second kappa shape index (κ2) is 18.7. The summed E-state index contributed by atoms with van der Waals surface area (Å²) >= 11 is 1.43. The van der Waals surface area contributed by atoms with E-state index in [2.05, 4.69) is 79.5 Å². The number of nitrogens with zero attached hydrogens (tertiary/aromatic N) is 6. The number of nitrogens with one attached hydrogen (secondary N) is 3. The lowest BCUT2D eigenvalue weighted by Gasteiger charge is -2.36. The third kappa shape index (κ3) is 9.50. The molecule has 16 heteroatoms. The number of esters is 1. The van der Waals surface area contributed by atoms with Crippen molar-refractivity contribution in [2.75, 3.05) is 33.3 Å². The first kappa shape index (κ1) is 46.9. The zero-order valence-electron chi connectivity index (χ0n) is 40.3. The molecule has 7 heterocycles. The molecule has 1 aromatic carbocycles. The van der Waals surface area contributed by atoms with Crippen molar-refractivity contribution in [2.45, 2.75) is 136 Å². The van der Waals surface area contributed by atoms with Crippen LogP contribution in [0.1, 0.15) is 103 Å². The molecule has 15 nitrogen and oxygen atoms in total. The fourth-order valence-corrected chi connectivity index (χ4v) is 11.6. The molecule has 1 saturated carbocycles. The molecule has 358 valence electrons. The lowest BCUT2D eigenvalue weighted by atomic mass is 9.84. The van der Waals surface area contributed by atoms with E-state index >= 15 is 0 Å². The quantitative estimate of drug-likeness (QED) is 0.132. The molecule has 0 spiro atoms. The molecule has 4 fully saturated rings. The molecule has 67 heavy (non-hydrogen) atoms. The zero-order chi connectivity index (χ0) is 47.5. The summed E-state index contributed by atoms with van der Waals surface area (Å²) in [5, 5.41) is 11.6. The Morgan fingerprint density at radius 1 is 1.06 bits per heavy atom. The number of fused-ring (bicyclic) bond motifs is 6. The maximum Gasteiger partial charge on any atom is 0.324 e. The Morgan fingerprint density at radius 3 is 2.58 bits per heavy atom. The van der Waals surface area contributed by atoms with E-state index in [1.54, 1.807) is 11.9 Å². The van der Waals surface area contributed by atoms with Crippen molar-refractivity contribution in [1.82, 2.24) is 45.4 Å². The standard InChI is InChI=1S/C51H67N9O6S/c1-9-59-39-17-16-31-22-34(39)35(45(59)33-12-10-19-52-41(33)28(2)3)24-51(6,7)27-66-50(65)36-13-11-20-60(56-36)48(63)37(23-40-53-38(31)26-67-40)54-46(61)44(29(4)5)57(8)47(62)32-18-21-58(25-32)49(64)43-42(55-43)30-14-15-30/h10,12,16-17,19,22,26,28-30,32,36-37,42-44,55-56H,9,11,13-15,18,20-21,23-25,27H2,1-8H3,(H,54,61)/t32-,36-,37-,42+,43+,44-/m0/s1. The number of carbonyl (C=O) groups excluding carboxylic acids is 5. The van der Waals surface area contributed by atoms with Crippen molar-refractivity contribution in [3.8, 4) is 22.5 Å². The van der Waals surface area contributed by atoms with Crippen LogP contribution in [0, 0.1) is 23.2 Å². The lowest BCUT2D eigenvalue weighted by Crippen LogP contribution is -2.62. The summed E-state index contributed by atoms with van der Waals surface area (Å²) in [5.74, 6) is -1.38. The van der Waals surface area contributed by atoms with Crippen molar-refractivity contribution in [3.05, 3.63) is 58.2 Å². The molecule has 4 aromatic rings. The van der Waals surface area contributed by atoms with Gasteiger partial charge in [-0.3, -0.25) is 39.3 Å². The summed E-state index contributed by atoms with van der Waals surface area (Å²) in [6.07, 6.45) is 6.45. The van der Waals surface area contributed by atoms with Gasteiger partial charge in [0.05, 0.1) is 34.6 Å². The molecule has 5 aliphatic rings. The Labute approximate surface area is 397 Å². The maximum absolute atomic E-state index is 14.7. The number of hydrogen-bond donors (Lipinski definition) is 3. The van der Waals surface area contributed by atoms with Gasteiger partial charge < -0.3 is 24.4 Å². The summed E-state index contributed by atoms with van der Waals surface area (Å²) in [5.41, 5.74) is 9.84. The normalized spacial score (nSPS) is 24.7. The fourth-order valence-electron chi connectivity index (χ4n) is 10.8. The highest BCUT2D eigenvalue weighted by molar-refractivity contribution is 7.10. The van der Waals surface area contributed by atoms with Crippen LogP contribution in [0.2, 0.25) is 0 Å². The summed E-state index contributed by atoms with van der Waals surface area (Å²) in [4.78, 5) is 83.8. The number of aryl methyl sites for hydroxylation is 1. The number of hydrogen-bond acceptors (Lipinski definition) is 11. The molecule has 3 saturated heterocycles. The molecule has 3 N–H and O–H groups in total. The topological polar surface area (TPSA) is 181 Å². The Bertz CT molecular complexity index is 2560. The van der Waals surface area contributed by atoms with Gasteiger partial charge in [-0.15, -0.1) is 11.3 Å². The van der Waals surface area contributed by atoms with E-state index in [1.165, 1.54) is 21.2 Å². The molecule has 9 rings (SSSR count). The predicted molar refractivity (Wildman–Crippen MR) is 258 cm³/mol. The highest BCUT2D eigenvalue weighted by atomic mass is 32.1. The number of likely N-dealkylation sites (tertiary alicyclic amines) is 1. The third-order valence-corrected chi connectivity index (χ3v) is 15.4. The van der Waals surface area contributed by atoms with Crippen LogP contribution in [-0.2, 0) is 48.1 Å². The van der Waals surface area contributed by atoms with Crippen LogP contribution in [0.5, 0.6) is 0 Å². The van der Waals surface area contributed by atoms with Gasteiger partial charge in [-0.1, -0.05) is 47.6 Å². The number of carbonyl (C=O) groups is 5. The number of pyridine rings is 1. The second-order valence-electron chi connectivity index (χ2n) is 21.0. The van der Waals surface area contributed by atoms with Gasteiger partial charge >= 0.3 is 5.97 Å². The number of amides is 4. The minimum Gasteiger partial charge on any atom is -0.464 e. The van der Waals surface area contributed by atoms with Gasteiger partial charge in [0, 0.05) is 84.7 Å². The molecule has 0 radical (unpaired) electrons. The minimum absolute atomic E-state index is 0.0599. The summed E-state index contributed by atoms with van der Waals surface area (Å²) in [6.45, 7) is 16.5. The number of rotatable bonds is 10. The maximum atomic E-state index is 14.7. The third-order valence-electron chi connectivity index (χ3n) is 14.5. The number of benzene rings is 1. The van der Waals surface area contributed by atoms with Crippen LogP contribution in [0.3, 0.4) is 0 Å². The fraction of sp³-hybridized carbons (Fsp3) is 0.588. The molecule has 4 aliphatic heterocycles.